The van der Waals surface area contributed by atoms with E-state index in [4.69, 9.17) is 39.9 Å². The lowest BCUT2D eigenvalue weighted by molar-refractivity contribution is 0.282. The fourth-order valence-corrected chi connectivity index (χ4v) is 2.08. The summed E-state index contributed by atoms with van der Waals surface area (Å²) in [5.41, 5.74) is 2.11. The van der Waals surface area contributed by atoms with Crippen LogP contribution in [0.2, 0.25) is 15.1 Å². The molecule has 1 aromatic heterocycles. The van der Waals surface area contributed by atoms with Crippen molar-refractivity contribution in [3.8, 4) is 11.3 Å². The predicted octanol–water partition coefficient (Wildman–Crippen LogP) is 4.20. The van der Waals surface area contributed by atoms with Gasteiger partial charge in [0.2, 0.25) is 0 Å². The Kier molecular flexibility index (Phi) is 3.89. The molecule has 0 aliphatic carbocycles. The third-order valence-electron chi connectivity index (χ3n) is 2.29. The van der Waals surface area contributed by atoms with E-state index in [1.807, 2.05) is 0 Å². The van der Waals surface area contributed by atoms with Crippen LogP contribution in [0.5, 0.6) is 0 Å². The zero-order valence-electron chi connectivity index (χ0n) is 8.62. The monoisotopic (exact) mass is 287 g/mol. The molecule has 0 saturated heterocycles. The molecular formula is C12H8Cl3NO. The molecule has 2 aromatic rings. The number of hydrogen-bond donors (Lipinski definition) is 1. The smallest absolute Gasteiger partial charge is 0.0721 e. The van der Waals surface area contributed by atoms with Crippen LogP contribution >= 0.6 is 34.8 Å². The SMILES string of the molecule is OCc1ccnc(-c2cc(Cl)c(Cl)cc2Cl)c1. The highest BCUT2D eigenvalue weighted by molar-refractivity contribution is 6.44. The van der Waals surface area contributed by atoms with Crippen LogP contribution in [0.3, 0.4) is 0 Å². The van der Waals surface area contributed by atoms with E-state index in [0.29, 0.717) is 26.3 Å². The van der Waals surface area contributed by atoms with Crippen molar-refractivity contribution in [2.45, 2.75) is 6.61 Å². The molecule has 2 rings (SSSR count). The van der Waals surface area contributed by atoms with E-state index < -0.39 is 0 Å². The number of nitrogens with zero attached hydrogens (tertiary/aromatic N) is 1. The lowest BCUT2D eigenvalue weighted by Gasteiger charge is -2.07. The highest BCUT2D eigenvalue weighted by Gasteiger charge is 2.09. The second-order valence-electron chi connectivity index (χ2n) is 3.45. The van der Waals surface area contributed by atoms with Gasteiger partial charge in [0.15, 0.2) is 0 Å². The fourth-order valence-electron chi connectivity index (χ4n) is 1.44. The van der Waals surface area contributed by atoms with Gasteiger partial charge in [0.1, 0.15) is 0 Å². The van der Waals surface area contributed by atoms with Crippen molar-refractivity contribution in [1.29, 1.82) is 0 Å². The Morgan fingerprint density at radius 2 is 1.71 bits per heavy atom. The Balaban J connectivity index is 2.56. The summed E-state index contributed by atoms with van der Waals surface area (Å²) >= 11 is 17.9. The van der Waals surface area contributed by atoms with Crippen LogP contribution in [0.25, 0.3) is 11.3 Å². The topological polar surface area (TPSA) is 33.1 Å². The molecular weight excluding hydrogens is 280 g/mol. The molecule has 0 amide bonds. The number of aliphatic hydroxyl groups excluding tert-OH is 1. The maximum absolute atomic E-state index is 9.07. The van der Waals surface area contributed by atoms with Crippen LogP contribution < -0.4 is 0 Å². The molecule has 0 bridgehead atoms. The number of pyridine rings is 1. The average Bonchev–Trinajstić information content (AvgIpc) is 2.34. The van der Waals surface area contributed by atoms with Gasteiger partial charge in [-0.2, -0.15) is 0 Å². The molecule has 0 spiro atoms. The summed E-state index contributed by atoms with van der Waals surface area (Å²) in [6, 6.07) is 6.73. The molecule has 5 heteroatoms. The largest absolute Gasteiger partial charge is 0.392 e. The van der Waals surface area contributed by atoms with E-state index in [9.17, 15) is 0 Å². The summed E-state index contributed by atoms with van der Waals surface area (Å²) in [7, 11) is 0. The molecule has 0 saturated carbocycles. The third kappa shape index (κ3) is 2.72. The average molecular weight is 289 g/mol. The van der Waals surface area contributed by atoms with Crippen LogP contribution in [0.1, 0.15) is 5.56 Å². The van der Waals surface area contributed by atoms with Gasteiger partial charge < -0.3 is 5.11 Å². The molecule has 0 unspecified atom stereocenters. The molecule has 0 radical (unpaired) electrons. The van der Waals surface area contributed by atoms with Crippen molar-refractivity contribution in [3.63, 3.8) is 0 Å². The molecule has 17 heavy (non-hydrogen) atoms. The first-order valence-corrected chi connectivity index (χ1v) is 5.96. The van der Waals surface area contributed by atoms with Gasteiger partial charge in [-0.25, -0.2) is 0 Å². The third-order valence-corrected chi connectivity index (χ3v) is 3.33. The minimum atomic E-state index is -0.0472. The van der Waals surface area contributed by atoms with Crippen LogP contribution in [0, 0.1) is 0 Å². The van der Waals surface area contributed by atoms with Crippen LogP contribution in [0.15, 0.2) is 30.5 Å². The number of rotatable bonds is 2. The lowest BCUT2D eigenvalue weighted by atomic mass is 10.1. The first kappa shape index (κ1) is 12.7. The minimum absolute atomic E-state index is 0.0472. The minimum Gasteiger partial charge on any atom is -0.392 e. The van der Waals surface area contributed by atoms with Gasteiger partial charge in [0.25, 0.3) is 0 Å². The van der Waals surface area contributed by atoms with E-state index in [2.05, 4.69) is 4.98 Å². The highest BCUT2D eigenvalue weighted by atomic mass is 35.5. The van der Waals surface area contributed by atoms with Crippen molar-refractivity contribution >= 4 is 34.8 Å². The Hall–Kier alpha value is -0.800. The van der Waals surface area contributed by atoms with Crippen molar-refractivity contribution < 1.29 is 5.11 Å². The van der Waals surface area contributed by atoms with E-state index in [0.717, 1.165) is 5.56 Å². The summed E-state index contributed by atoms with van der Waals surface area (Å²) in [4.78, 5) is 4.19. The standard InChI is InChI=1S/C12H8Cl3NO/c13-9-5-11(15)10(14)4-8(9)12-3-7(6-17)1-2-16-12/h1-5,17H,6H2. The Labute approximate surface area is 114 Å². The van der Waals surface area contributed by atoms with Gasteiger partial charge in [0.05, 0.1) is 27.4 Å². The molecule has 0 aliphatic heterocycles. The number of halogens is 3. The molecule has 0 fully saturated rings. The summed E-state index contributed by atoms with van der Waals surface area (Å²) < 4.78 is 0. The maximum atomic E-state index is 9.07. The zero-order valence-corrected chi connectivity index (χ0v) is 10.9. The summed E-state index contributed by atoms with van der Waals surface area (Å²) in [6.45, 7) is -0.0472. The van der Waals surface area contributed by atoms with Crippen molar-refractivity contribution in [2.75, 3.05) is 0 Å². The van der Waals surface area contributed by atoms with Gasteiger partial charge in [0, 0.05) is 11.8 Å². The summed E-state index contributed by atoms with van der Waals surface area (Å²) in [5, 5.41) is 10.4. The van der Waals surface area contributed by atoms with E-state index in [1.54, 1.807) is 30.5 Å². The first-order valence-electron chi connectivity index (χ1n) is 4.82. The van der Waals surface area contributed by atoms with Gasteiger partial charge in [-0.3, -0.25) is 4.98 Å². The fraction of sp³-hybridized carbons (Fsp3) is 0.0833. The van der Waals surface area contributed by atoms with Crippen LogP contribution in [-0.2, 0) is 6.61 Å². The lowest BCUT2D eigenvalue weighted by Crippen LogP contribution is -1.89. The molecule has 0 aliphatic rings. The summed E-state index contributed by atoms with van der Waals surface area (Å²) in [5.74, 6) is 0. The van der Waals surface area contributed by atoms with Crippen molar-refractivity contribution in [1.82, 2.24) is 4.98 Å². The van der Waals surface area contributed by atoms with Gasteiger partial charge >= 0.3 is 0 Å². The van der Waals surface area contributed by atoms with Crippen molar-refractivity contribution in [2.24, 2.45) is 0 Å². The second kappa shape index (κ2) is 5.23. The number of aromatic nitrogens is 1. The highest BCUT2D eigenvalue weighted by Crippen LogP contribution is 2.34. The van der Waals surface area contributed by atoms with Crippen molar-refractivity contribution in [3.05, 3.63) is 51.1 Å². The normalized spacial score (nSPS) is 10.6. The number of aliphatic hydroxyl groups is 1. The van der Waals surface area contributed by atoms with Crippen LogP contribution in [0.4, 0.5) is 0 Å². The zero-order chi connectivity index (χ0) is 12.4. The molecule has 88 valence electrons. The Morgan fingerprint density at radius 1 is 1.00 bits per heavy atom. The van der Waals surface area contributed by atoms with Gasteiger partial charge in [-0.15, -0.1) is 0 Å². The van der Waals surface area contributed by atoms with Gasteiger partial charge in [-0.05, 0) is 29.8 Å². The number of hydrogen-bond acceptors (Lipinski definition) is 2. The maximum Gasteiger partial charge on any atom is 0.0721 e. The number of benzene rings is 1. The second-order valence-corrected chi connectivity index (χ2v) is 4.68. The Bertz CT molecular complexity index is 557. The molecule has 1 aromatic carbocycles. The first-order chi connectivity index (χ1) is 8.11. The molecule has 1 heterocycles. The quantitative estimate of drug-likeness (QED) is 0.840. The molecule has 2 nitrogen and oxygen atoms in total. The predicted molar refractivity (Wildman–Crippen MR) is 70.6 cm³/mol. The Morgan fingerprint density at radius 3 is 2.41 bits per heavy atom. The van der Waals surface area contributed by atoms with E-state index in [1.165, 1.54) is 0 Å². The molecule has 0 atom stereocenters. The van der Waals surface area contributed by atoms with Crippen LogP contribution in [-0.4, -0.2) is 10.1 Å². The molecule has 1 N–H and O–H groups in total. The van der Waals surface area contributed by atoms with E-state index >= 15 is 0 Å². The van der Waals surface area contributed by atoms with E-state index in [-0.39, 0.29) is 6.61 Å². The summed E-state index contributed by atoms with van der Waals surface area (Å²) in [6.07, 6.45) is 1.61. The van der Waals surface area contributed by atoms with Gasteiger partial charge in [-0.1, -0.05) is 34.8 Å².